The molecule has 2 N–H and O–H groups in total. The number of aromatic nitrogens is 2. The first-order valence-corrected chi connectivity index (χ1v) is 10.2. The van der Waals surface area contributed by atoms with Crippen LogP contribution in [0.1, 0.15) is 28.3 Å². The molecule has 28 heavy (non-hydrogen) atoms. The van der Waals surface area contributed by atoms with Gasteiger partial charge in [0.2, 0.25) is 5.91 Å². The maximum atomic E-state index is 12.2. The highest BCUT2D eigenvalue weighted by Gasteiger charge is 2.23. The first-order valence-electron chi connectivity index (χ1n) is 9.31. The van der Waals surface area contributed by atoms with E-state index in [1.807, 2.05) is 41.3 Å². The van der Waals surface area contributed by atoms with Gasteiger partial charge in [-0.15, -0.1) is 11.3 Å². The summed E-state index contributed by atoms with van der Waals surface area (Å²) < 4.78 is 7.41. The fourth-order valence-corrected chi connectivity index (χ4v) is 3.97. The average Bonchev–Trinajstić information content (AvgIpc) is 3.44. The van der Waals surface area contributed by atoms with Crippen molar-refractivity contribution in [1.82, 2.24) is 14.9 Å². The summed E-state index contributed by atoms with van der Waals surface area (Å²) in [7, 11) is 1.95. The molecule has 1 aromatic carbocycles. The molecule has 1 saturated heterocycles. The van der Waals surface area contributed by atoms with Gasteiger partial charge in [-0.05, 0) is 42.5 Å². The molecule has 1 aliphatic heterocycles. The number of thiophene rings is 1. The molecule has 2 aromatic heterocycles. The van der Waals surface area contributed by atoms with Crippen molar-refractivity contribution in [3.05, 3.63) is 46.4 Å². The number of nitrogens with one attached hydrogen (secondary N) is 2. The van der Waals surface area contributed by atoms with E-state index in [0.29, 0.717) is 30.1 Å². The van der Waals surface area contributed by atoms with Gasteiger partial charge in [-0.2, -0.15) is 0 Å². The molecule has 0 bridgehead atoms. The third-order valence-corrected chi connectivity index (χ3v) is 5.71. The Morgan fingerprint density at radius 1 is 1.36 bits per heavy atom. The highest BCUT2D eigenvalue weighted by Crippen LogP contribution is 2.21. The van der Waals surface area contributed by atoms with E-state index in [9.17, 15) is 9.59 Å². The summed E-state index contributed by atoms with van der Waals surface area (Å²) in [6.07, 6.45) is 2.04. The number of aryl methyl sites for hydroxylation is 1. The molecule has 7 nitrogen and oxygen atoms in total. The molecule has 4 rings (SSSR count). The van der Waals surface area contributed by atoms with Crippen molar-refractivity contribution in [2.45, 2.75) is 25.4 Å². The molecule has 8 heteroatoms. The summed E-state index contributed by atoms with van der Waals surface area (Å²) in [5.41, 5.74) is 2.50. The fraction of sp³-hybridized carbons (Fsp3) is 0.350. The standard InChI is InChI=1S/C20H22N4O3S/c1-24-15-7-6-13(22-20(26)17-5-3-11-28-17)12-14(15)23-18(24)8-9-21-19(25)16-4-2-10-27-16/h3,5-7,11-12,16H,2,4,8-10H2,1H3,(H,21,25)(H,22,26)/t16-/m0/s1. The second-order valence-corrected chi connectivity index (χ2v) is 7.71. The maximum Gasteiger partial charge on any atom is 0.265 e. The lowest BCUT2D eigenvalue weighted by Crippen LogP contribution is -2.35. The third-order valence-electron chi connectivity index (χ3n) is 4.85. The zero-order valence-corrected chi connectivity index (χ0v) is 16.4. The molecule has 1 fully saturated rings. The largest absolute Gasteiger partial charge is 0.368 e. The molecule has 0 saturated carbocycles. The van der Waals surface area contributed by atoms with Crippen molar-refractivity contribution in [1.29, 1.82) is 0 Å². The van der Waals surface area contributed by atoms with E-state index < -0.39 is 0 Å². The van der Waals surface area contributed by atoms with Gasteiger partial charge in [0.1, 0.15) is 11.9 Å². The smallest absolute Gasteiger partial charge is 0.265 e. The van der Waals surface area contributed by atoms with Crippen molar-refractivity contribution >= 4 is 39.9 Å². The van der Waals surface area contributed by atoms with Crippen LogP contribution >= 0.6 is 11.3 Å². The summed E-state index contributed by atoms with van der Waals surface area (Å²) in [4.78, 5) is 29.6. The van der Waals surface area contributed by atoms with Crippen LogP contribution in [-0.4, -0.2) is 40.6 Å². The van der Waals surface area contributed by atoms with Crippen molar-refractivity contribution in [3.63, 3.8) is 0 Å². The summed E-state index contributed by atoms with van der Waals surface area (Å²) in [6.45, 7) is 1.17. The number of rotatable bonds is 6. The van der Waals surface area contributed by atoms with Crippen molar-refractivity contribution in [2.75, 3.05) is 18.5 Å². The number of hydrogen-bond donors (Lipinski definition) is 2. The molecule has 1 atom stereocenters. The Labute approximate surface area is 166 Å². The van der Waals surface area contributed by atoms with E-state index in [0.717, 1.165) is 29.7 Å². The van der Waals surface area contributed by atoms with Crippen LogP contribution in [0.25, 0.3) is 11.0 Å². The number of anilines is 1. The van der Waals surface area contributed by atoms with Crippen molar-refractivity contribution in [2.24, 2.45) is 7.05 Å². The van der Waals surface area contributed by atoms with E-state index in [1.54, 1.807) is 6.07 Å². The lowest BCUT2D eigenvalue weighted by Gasteiger charge is -2.10. The quantitative estimate of drug-likeness (QED) is 0.669. The van der Waals surface area contributed by atoms with Crippen LogP contribution in [0.15, 0.2) is 35.7 Å². The minimum Gasteiger partial charge on any atom is -0.368 e. The number of hydrogen-bond acceptors (Lipinski definition) is 5. The zero-order chi connectivity index (χ0) is 19.5. The third kappa shape index (κ3) is 3.93. The van der Waals surface area contributed by atoms with E-state index in [-0.39, 0.29) is 17.9 Å². The number of benzene rings is 1. The minimum absolute atomic E-state index is 0.0464. The molecule has 0 radical (unpaired) electrons. The summed E-state index contributed by atoms with van der Waals surface area (Å²) in [5, 5.41) is 7.71. The van der Waals surface area contributed by atoms with Gasteiger partial charge in [0.25, 0.3) is 5.91 Å². The number of imidazole rings is 1. The second kappa shape index (κ2) is 8.12. The number of nitrogens with zero attached hydrogens (tertiary/aromatic N) is 2. The number of amides is 2. The van der Waals surface area contributed by atoms with E-state index >= 15 is 0 Å². The van der Waals surface area contributed by atoms with Crippen LogP contribution in [0.3, 0.4) is 0 Å². The van der Waals surface area contributed by atoms with Crippen LogP contribution in [0.2, 0.25) is 0 Å². The molecule has 1 aliphatic rings. The highest BCUT2D eigenvalue weighted by molar-refractivity contribution is 7.12. The Kier molecular flexibility index (Phi) is 5.40. The molecule has 146 valence electrons. The molecule has 2 amide bonds. The molecule has 3 aromatic rings. The number of ether oxygens (including phenoxy) is 1. The van der Waals surface area contributed by atoms with E-state index in [1.165, 1.54) is 11.3 Å². The van der Waals surface area contributed by atoms with Gasteiger partial charge in [0, 0.05) is 32.3 Å². The lowest BCUT2D eigenvalue weighted by molar-refractivity contribution is -0.130. The molecule has 3 heterocycles. The van der Waals surface area contributed by atoms with Gasteiger partial charge in [-0.3, -0.25) is 9.59 Å². The Bertz CT molecular complexity index is 990. The Hall–Kier alpha value is -2.71. The Morgan fingerprint density at radius 3 is 3.00 bits per heavy atom. The van der Waals surface area contributed by atoms with Crippen LogP contribution in [0, 0.1) is 0 Å². The summed E-state index contributed by atoms with van der Waals surface area (Å²) >= 11 is 1.41. The van der Waals surface area contributed by atoms with Crippen LogP contribution in [0.4, 0.5) is 5.69 Å². The summed E-state index contributed by atoms with van der Waals surface area (Å²) in [6, 6.07) is 9.34. The average molecular weight is 398 g/mol. The van der Waals surface area contributed by atoms with Gasteiger partial charge >= 0.3 is 0 Å². The van der Waals surface area contributed by atoms with Gasteiger partial charge in [-0.1, -0.05) is 6.07 Å². The Balaban J connectivity index is 1.41. The SMILES string of the molecule is Cn1c(CCNC(=O)[C@@H]2CCCO2)nc2cc(NC(=O)c3cccs3)ccc21. The highest BCUT2D eigenvalue weighted by atomic mass is 32.1. The van der Waals surface area contributed by atoms with Crippen molar-refractivity contribution in [3.8, 4) is 0 Å². The predicted octanol–water partition coefficient (Wildman–Crippen LogP) is 2.72. The number of carbonyl (C=O) groups excluding carboxylic acids is 2. The predicted molar refractivity (Wildman–Crippen MR) is 109 cm³/mol. The van der Waals surface area contributed by atoms with Gasteiger partial charge in [-0.25, -0.2) is 4.98 Å². The topological polar surface area (TPSA) is 85.2 Å². The number of fused-ring (bicyclic) bond motifs is 1. The van der Waals surface area contributed by atoms with Gasteiger partial charge < -0.3 is 19.9 Å². The van der Waals surface area contributed by atoms with Crippen molar-refractivity contribution < 1.29 is 14.3 Å². The molecular weight excluding hydrogens is 376 g/mol. The maximum absolute atomic E-state index is 12.2. The van der Waals surface area contributed by atoms with E-state index in [4.69, 9.17) is 4.74 Å². The molecule has 0 aliphatic carbocycles. The van der Waals surface area contributed by atoms with Crippen LogP contribution < -0.4 is 10.6 Å². The molecular formula is C20H22N4O3S. The molecule has 0 spiro atoms. The second-order valence-electron chi connectivity index (χ2n) is 6.76. The molecule has 0 unspecified atom stereocenters. The Morgan fingerprint density at radius 2 is 2.25 bits per heavy atom. The van der Waals surface area contributed by atoms with Gasteiger partial charge in [0.05, 0.1) is 15.9 Å². The fourth-order valence-electron chi connectivity index (χ4n) is 3.35. The zero-order valence-electron chi connectivity index (χ0n) is 15.6. The van der Waals surface area contributed by atoms with E-state index in [2.05, 4.69) is 15.6 Å². The van der Waals surface area contributed by atoms with Crippen LogP contribution in [-0.2, 0) is 23.0 Å². The number of carbonyl (C=O) groups is 2. The lowest BCUT2D eigenvalue weighted by atomic mass is 10.2. The minimum atomic E-state index is -0.310. The summed E-state index contributed by atoms with van der Waals surface area (Å²) in [5.74, 6) is 0.710. The monoisotopic (exact) mass is 398 g/mol. The van der Waals surface area contributed by atoms with Crippen LogP contribution in [0.5, 0.6) is 0 Å². The normalized spacial score (nSPS) is 16.4. The van der Waals surface area contributed by atoms with Gasteiger partial charge in [0.15, 0.2) is 0 Å². The first-order chi connectivity index (χ1) is 13.6. The first kappa shape index (κ1) is 18.6.